The maximum atomic E-state index is 8.68. The van der Waals surface area contributed by atoms with Gasteiger partial charge in [-0.25, -0.2) is 0 Å². The molecule has 0 atom stereocenters. The second kappa shape index (κ2) is 5.87. The Bertz CT molecular complexity index is 482. The molecular weight excluding hydrogens is 238 g/mol. The molecule has 17 heavy (non-hydrogen) atoms. The first kappa shape index (κ1) is 12.2. The SMILES string of the molecule is OCC[NH2+]Cc1ccc(-c2ccccc2Cl)o1. The zero-order chi connectivity index (χ0) is 12.1. The number of benzene rings is 1. The predicted molar refractivity (Wildman–Crippen MR) is 66.7 cm³/mol. The third kappa shape index (κ3) is 3.09. The molecule has 0 aliphatic carbocycles. The van der Waals surface area contributed by atoms with Crippen LogP contribution in [0.3, 0.4) is 0 Å². The number of aliphatic hydroxyl groups excluding tert-OH is 1. The van der Waals surface area contributed by atoms with Gasteiger partial charge in [0.2, 0.25) is 0 Å². The van der Waals surface area contributed by atoms with Crippen LogP contribution in [0.4, 0.5) is 0 Å². The largest absolute Gasteiger partial charge is 0.455 e. The summed E-state index contributed by atoms with van der Waals surface area (Å²) in [6.07, 6.45) is 0. The number of furan rings is 1. The Labute approximate surface area is 105 Å². The molecule has 4 heteroatoms. The summed E-state index contributed by atoms with van der Waals surface area (Å²) in [5.74, 6) is 1.66. The molecule has 2 aromatic rings. The third-order valence-corrected chi connectivity index (χ3v) is 2.81. The van der Waals surface area contributed by atoms with Crippen LogP contribution >= 0.6 is 11.6 Å². The minimum absolute atomic E-state index is 0.179. The molecule has 3 N–H and O–H groups in total. The highest BCUT2D eigenvalue weighted by atomic mass is 35.5. The third-order valence-electron chi connectivity index (χ3n) is 2.48. The number of nitrogens with two attached hydrogens (primary N) is 1. The van der Waals surface area contributed by atoms with Crippen LogP contribution in [0, 0.1) is 0 Å². The molecule has 0 unspecified atom stereocenters. The van der Waals surface area contributed by atoms with Crippen LogP contribution in [0.1, 0.15) is 5.76 Å². The topological polar surface area (TPSA) is 50.0 Å². The highest BCUT2D eigenvalue weighted by molar-refractivity contribution is 6.33. The number of aliphatic hydroxyl groups is 1. The van der Waals surface area contributed by atoms with Gasteiger partial charge in [-0.05, 0) is 24.3 Å². The van der Waals surface area contributed by atoms with Gasteiger partial charge in [-0.15, -0.1) is 0 Å². The molecule has 0 spiro atoms. The maximum absolute atomic E-state index is 8.68. The summed E-state index contributed by atoms with van der Waals surface area (Å²) >= 11 is 6.09. The molecule has 90 valence electrons. The van der Waals surface area contributed by atoms with Gasteiger partial charge in [-0.3, -0.25) is 0 Å². The zero-order valence-electron chi connectivity index (χ0n) is 9.40. The van der Waals surface area contributed by atoms with Crippen LogP contribution < -0.4 is 5.32 Å². The molecule has 0 aliphatic heterocycles. The second-order valence-corrected chi connectivity index (χ2v) is 4.16. The normalized spacial score (nSPS) is 10.7. The molecular formula is C13H15ClNO2+. The van der Waals surface area contributed by atoms with Crippen LogP contribution in [0.15, 0.2) is 40.8 Å². The predicted octanol–water partition coefficient (Wildman–Crippen LogP) is 1.66. The van der Waals surface area contributed by atoms with Gasteiger partial charge in [0.25, 0.3) is 0 Å². The van der Waals surface area contributed by atoms with E-state index in [9.17, 15) is 0 Å². The molecule has 1 heterocycles. The second-order valence-electron chi connectivity index (χ2n) is 3.75. The van der Waals surface area contributed by atoms with Gasteiger partial charge in [-0.1, -0.05) is 23.7 Å². The summed E-state index contributed by atoms with van der Waals surface area (Å²) in [6, 6.07) is 11.5. The Morgan fingerprint density at radius 3 is 2.76 bits per heavy atom. The zero-order valence-corrected chi connectivity index (χ0v) is 10.2. The van der Waals surface area contributed by atoms with Crippen molar-refractivity contribution in [1.29, 1.82) is 0 Å². The Morgan fingerprint density at radius 1 is 1.18 bits per heavy atom. The van der Waals surface area contributed by atoms with E-state index >= 15 is 0 Å². The van der Waals surface area contributed by atoms with Gasteiger partial charge in [0.15, 0.2) is 5.76 Å². The van der Waals surface area contributed by atoms with Crippen LogP contribution in [0.5, 0.6) is 0 Å². The summed E-state index contributed by atoms with van der Waals surface area (Å²) in [5, 5.41) is 11.4. The lowest BCUT2D eigenvalue weighted by Gasteiger charge is -2.00. The Morgan fingerprint density at radius 2 is 2.00 bits per heavy atom. The fourth-order valence-corrected chi connectivity index (χ4v) is 1.86. The van der Waals surface area contributed by atoms with Crippen LogP contribution in [0.25, 0.3) is 11.3 Å². The van der Waals surface area contributed by atoms with E-state index in [1.807, 2.05) is 41.7 Å². The molecule has 2 rings (SSSR count). The quantitative estimate of drug-likeness (QED) is 0.795. The number of rotatable bonds is 5. The van der Waals surface area contributed by atoms with Gasteiger partial charge in [0.1, 0.15) is 12.3 Å². The molecule has 0 fully saturated rings. The van der Waals surface area contributed by atoms with E-state index in [0.29, 0.717) is 11.6 Å². The molecule has 0 radical (unpaired) electrons. The summed E-state index contributed by atoms with van der Waals surface area (Å²) in [5.41, 5.74) is 0.905. The summed E-state index contributed by atoms with van der Waals surface area (Å²) in [4.78, 5) is 0. The smallest absolute Gasteiger partial charge is 0.158 e. The Hall–Kier alpha value is -1.29. The van der Waals surface area contributed by atoms with Gasteiger partial charge < -0.3 is 14.8 Å². The van der Waals surface area contributed by atoms with Crippen molar-refractivity contribution in [3.63, 3.8) is 0 Å². The van der Waals surface area contributed by atoms with E-state index < -0.39 is 0 Å². The van der Waals surface area contributed by atoms with Crippen molar-refractivity contribution in [2.45, 2.75) is 6.54 Å². The van der Waals surface area contributed by atoms with Crippen molar-refractivity contribution in [2.75, 3.05) is 13.2 Å². The van der Waals surface area contributed by atoms with Crippen molar-refractivity contribution in [1.82, 2.24) is 0 Å². The molecule has 0 amide bonds. The molecule has 1 aromatic heterocycles. The lowest BCUT2D eigenvalue weighted by molar-refractivity contribution is -0.673. The fourth-order valence-electron chi connectivity index (χ4n) is 1.63. The summed E-state index contributed by atoms with van der Waals surface area (Å²) in [7, 11) is 0. The van der Waals surface area contributed by atoms with Crippen LogP contribution in [0.2, 0.25) is 5.02 Å². The highest BCUT2D eigenvalue weighted by Gasteiger charge is 2.08. The average Bonchev–Trinajstić information content (AvgIpc) is 2.79. The molecule has 1 aromatic carbocycles. The Kier molecular flexibility index (Phi) is 4.20. The molecule has 0 saturated carbocycles. The number of quaternary nitrogens is 1. The molecule has 3 nitrogen and oxygen atoms in total. The van der Waals surface area contributed by atoms with Crippen molar-refractivity contribution in [2.24, 2.45) is 0 Å². The first-order chi connectivity index (χ1) is 8.31. The van der Waals surface area contributed by atoms with E-state index in [2.05, 4.69) is 0 Å². The number of hydrogen-bond donors (Lipinski definition) is 2. The lowest BCUT2D eigenvalue weighted by atomic mass is 10.2. The maximum Gasteiger partial charge on any atom is 0.158 e. The van der Waals surface area contributed by atoms with Crippen LogP contribution in [-0.2, 0) is 6.54 Å². The highest BCUT2D eigenvalue weighted by Crippen LogP contribution is 2.28. The van der Waals surface area contributed by atoms with E-state index in [4.69, 9.17) is 21.1 Å². The first-order valence-electron chi connectivity index (χ1n) is 5.57. The van der Waals surface area contributed by atoms with Crippen molar-refractivity contribution in [3.05, 3.63) is 47.2 Å². The van der Waals surface area contributed by atoms with E-state index in [1.165, 1.54) is 0 Å². The first-order valence-corrected chi connectivity index (χ1v) is 5.95. The summed E-state index contributed by atoms with van der Waals surface area (Å²) < 4.78 is 5.70. The van der Waals surface area contributed by atoms with E-state index in [0.717, 1.165) is 23.6 Å². The van der Waals surface area contributed by atoms with Gasteiger partial charge in [0, 0.05) is 5.56 Å². The van der Waals surface area contributed by atoms with E-state index in [1.54, 1.807) is 0 Å². The van der Waals surface area contributed by atoms with Crippen molar-refractivity contribution >= 4 is 11.6 Å². The van der Waals surface area contributed by atoms with Crippen LogP contribution in [-0.4, -0.2) is 18.3 Å². The van der Waals surface area contributed by atoms with Gasteiger partial charge in [0.05, 0.1) is 18.2 Å². The summed E-state index contributed by atoms with van der Waals surface area (Å²) in [6.45, 7) is 1.59. The molecule has 0 aliphatic rings. The van der Waals surface area contributed by atoms with Crippen molar-refractivity contribution in [3.8, 4) is 11.3 Å². The minimum Gasteiger partial charge on any atom is -0.455 e. The molecule has 0 bridgehead atoms. The number of halogens is 1. The Balaban J connectivity index is 2.10. The minimum atomic E-state index is 0.179. The van der Waals surface area contributed by atoms with Crippen molar-refractivity contribution < 1.29 is 14.8 Å². The lowest BCUT2D eigenvalue weighted by Crippen LogP contribution is -2.83. The monoisotopic (exact) mass is 252 g/mol. The van der Waals surface area contributed by atoms with Gasteiger partial charge in [-0.2, -0.15) is 0 Å². The van der Waals surface area contributed by atoms with Gasteiger partial charge >= 0.3 is 0 Å². The number of hydrogen-bond acceptors (Lipinski definition) is 2. The standard InChI is InChI=1S/C13H14ClNO2/c14-12-4-2-1-3-11(12)13-6-5-10(17-13)9-15-7-8-16/h1-6,15-16H,7-9H2/p+1. The molecule has 0 saturated heterocycles. The average molecular weight is 253 g/mol. The van der Waals surface area contributed by atoms with E-state index in [-0.39, 0.29) is 6.61 Å². The fraction of sp³-hybridized carbons (Fsp3) is 0.231.